The maximum Gasteiger partial charge on any atom is 0.191 e. The van der Waals surface area contributed by atoms with Gasteiger partial charge in [-0.15, -0.1) is 24.0 Å². The zero-order valence-electron chi connectivity index (χ0n) is 17.2. The van der Waals surface area contributed by atoms with Gasteiger partial charge in [-0.2, -0.15) is 0 Å². The van der Waals surface area contributed by atoms with Gasteiger partial charge in [0.05, 0.1) is 19.8 Å². The van der Waals surface area contributed by atoms with Crippen LogP contribution in [0.4, 0.5) is 0 Å². The van der Waals surface area contributed by atoms with Gasteiger partial charge in [0.25, 0.3) is 0 Å². The van der Waals surface area contributed by atoms with Crippen LogP contribution >= 0.6 is 24.0 Å². The van der Waals surface area contributed by atoms with Crippen molar-refractivity contribution in [2.45, 2.75) is 31.7 Å². The number of hydrogen-bond acceptors (Lipinski definition) is 4. The molecule has 0 amide bonds. The maximum absolute atomic E-state index is 5.46. The summed E-state index contributed by atoms with van der Waals surface area (Å²) in [7, 11) is 3.55. The predicted octanol–water partition coefficient (Wildman–Crippen LogP) is 3.04. The summed E-state index contributed by atoms with van der Waals surface area (Å²) in [5.41, 5.74) is 1.32. The fraction of sp³-hybridized carbons (Fsp3) is 0.667. The normalized spacial score (nSPS) is 21.6. The standard InChI is InChI=1S/C21H34N4O2.HI/c1-22-21(23-14-17-10-13-27-16-17)24-15-20(25-11-4-3-5-12-25)18-6-8-19(26-2)9-7-18;/h6-9,17,20H,3-5,10-16H2,1-2H3,(H2,22,23,24);1H. The van der Waals surface area contributed by atoms with Crippen molar-refractivity contribution in [1.29, 1.82) is 0 Å². The molecule has 2 aliphatic rings. The van der Waals surface area contributed by atoms with E-state index in [0.29, 0.717) is 12.0 Å². The molecule has 158 valence electrons. The van der Waals surface area contributed by atoms with Crippen molar-refractivity contribution in [1.82, 2.24) is 15.5 Å². The molecule has 2 aliphatic heterocycles. The summed E-state index contributed by atoms with van der Waals surface area (Å²) in [5.74, 6) is 2.36. The van der Waals surface area contributed by atoms with Gasteiger partial charge in [0.15, 0.2) is 5.96 Å². The maximum atomic E-state index is 5.46. The molecule has 0 radical (unpaired) electrons. The lowest BCUT2D eigenvalue weighted by Gasteiger charge is -2.35. The van der Waals surface area contributed by atoms with Gasteiger partial charge in [-0.25, -0.2) is 0 Å². The Kier molecular flexibility index (Phi) is 10.4. The zero-order chi connectivity index (χ0) is 18.9. The molecule has 0 saturated carbocycles. The number of nitrogens with one attached hydrogen (secondary N) is 2. The largest absolute Gasteiger partial charge is 0.497 e. The summed E-state index contributed by atoms with van der Waals surface area (Å²) in [6, 6.07) is 8.82. The van der Waals surface area contributed by atoms with Gasteiger partial charge in [0.1, 0.15) is 5.75 Å². The van der Waals surface area contributed by atoms with Crippen LogP contribution in [0.1, 0.15) is 37.3 Å². The quantitative estimate of drug-likeness (QED) is 0.341. The van der Waals surface area contributed by atoms with Crippen LogP contribution in [0.15, 0.2) is 29.3 Å². The molecular formula is C21H35IN4O2. The average molecular weight is 502 g/mol. The lowest BCUT2D eigenvalue weighted by Crippen LogP contribution is -2.45. The molecule has 3 rings (SSSR count). The van der Waals surface area contributed by atoms with Crippen LogP contribution in [-0.4, -0.2) is 64.4 Å². The molecule has 0 bridgehead atoms. The number of aliphatic imine (C=N–C) groups is 1. The molecule has 2 saturated heterocycles. The van der Waals surface area contributed by atoms with Gasteiger partial charge >= 0.3 is 0 Å². The van der Waals surface area contributed by atoms with E-state index >= 15 is 0 Å². The smallest absolute Gasteiger partial charge is 0.191 e. The fourth-order valence-corrected chi connectivity index (χ4v) is 3.91. The first-order chi connectivity index (χ1) is 13.3. The topological polar surface area (TPSA) is 58.1 Å². The van der Waals surface area contributed by atoms with Crippen molar-refractivity contribution < 1.29 is 9.47 Å². The molecule has 2 unspecified atom stereocenters. The van der Waals surface area contributed by atoms with E-state index in [9.17, 15) is 0 Å². The van der Waals surface area contributed by atoms with Crippen LogP contribution in [-0.2, 0) is 4.74 Å². The number of methoxy groups -OCH3 is 1. The second-order valence-electron chi connectivity index (χ2n) is 7.45. The molecule has 1 aromatic carbocycles. The van der Waals surface area contributed by atoms with Crippen LogP contribution in [0.5, 0.6) is 5.75 Å². The number of rotatable bonds is 7. The molecule has 2 fully saturated rings. The number of piperidine rings is 1. The SMILES string of the molecule is CN=C(NCC1CCOC1)NCC(c1ccc(OC)cc1)N1CCCCC1.I. The number of nitrogens with zero attached hydrogens (tertiary/aromatic N) is 2. The first-order valence-electron chi connectivity index (χ1n) is 10.2. The van der Waals surface area contributed by atoms with Crippen LogP contribution in [0.25, 0.3) is 0 Å². The number of likely N-dealkylation sites (tertiary alicyclic amines) is 1. The predicted molar refractivity (Wildman–Crippen MR) is 125 cm³/mol. The molecule has 1 aromatic rings. The van der Waals surface area contributed by atoms with Crippen molar-refractivity contribution >= 4 is 29.9 Å². The Bertz CT molecular complexity index is 585. The van der Waals surface area contributed by atoms with E-state index in [2.05, 4.69) is 44.8 Å². The van der Waals surface area contributed by atoms with E-state index < -0.39 is 0 Å². The second-order valence-corrected chi connectivity index (χ2v) is 7.45. The summed E-state index contributed by atoms with van der Waals surface area (Å²) in [4.78, 5) is 7.00. The van der Waals surface area contributed by atoms with Crippen LogP contribution in [0.2, 0.25) is 0 Å². The molecule has 0 aromatic heterocycles. The minimum atomic E-state index is 0. The van der Waals surface area contributed by atoms with Crippen LogP contribution < -0.4 is 15.4 Å². The summed E-state index contributed by atoms with van der Waals surface area (Å²) in [6.07, 6.45) is 5.03. The Labute approximate surface area is 186 Å². The Balaban J connectivity index is 0.00000280. The Hall–Kier alpha value is -1.06. The first kappa shape index (κ1) is 23.2. The Morgan fingerprint density at radius 1 is 1.21 bits per heavy atom. The second kappa shape index (κ2) is 12.5. The monoisotopic (exact) mass is 502 g/mol. The number of hydrogen-bond donors (Lipinski definition) is 2. The summed E-state index contributed by atoms with van der Waals surface area (Å²) >= 11 is 0. The number of ether oxygens (including phenoxy) is 2. The lowest BCUT2D eigenvalue weighted by atomic mass is 10.0. The van der Waals surface area contributed by atoms with E-state index in [1.165, 1.54) is 24.8 Å². The Morgan fingerprint density at radius 3 is 2.57 bits per heavy atom. The Morgan fingerprint density at radius 2 is 1.96 bits per heavy atom. The summed E-state index contributed by atoms with van der Waals surface area (Å²) < 4.78 is 10.8. The summed E-state index contributed by atoms with van der Waals surface area (Å²) in [6.45, 7) is 5.80. The lowest BCUT2D eigenvalue weighted by molar-refractivity contribution is 0.164. The molecule has 0 spiro atoms. The van der Waals surface area contributed by atoms with Crippen LogP contribution in [0, 0.1) is 5.92 Å². The zero-order valence-corrected chi connectivity index (χ0v) is 19.5. The van der Waals surface area contributed by atoms with E-state index in [-0.39, 0.29) is 24.0 Å². The van der Waals surface area contributed by atoms with E-state index in [1.54, 1.807) is 7.11 Å². The highest BCUT2D eigenvalue weighted by Crippen LogP contribution is 2.25. The minimum Gasteiger partial charge on any atom is -0.497 e. The highest BCUT2D eigenvalue weighted by Gasteiger charge is 2.23. The van der Waals surface area contributed by atoms with Crippen molar-refractivity contribution in [3.8, 4) is 5.75 Å². The molecule has 2 heterocycles. The van der Waals surface area contributed by atoms with Crippen molar-refractivity contribution in [2.24, 2.45) is 10.9 Å². The minimum absolute atomic E-state index is 0. The molecule has 28 heavy (non-hydrogen) atoms. The first-order valence-corrected chi connectivity index (χ1v) is 10.2. The van der Waals surface area contributed by atoms with Crippen molar-refractivity contribution in [2.75, 3.05) is 53.6 Å². The third kappa shape index (κ3) is 6.77. The molecule has 7 heteroatoms. The molecule has 0 aliphatic carbocycles. The number of guanidine groups is 1. The van der Waals surface area contributed by atoms with Gasteiger partial charge < -0.3 is 20.1 Å². The molecule has 2 atom stereocenters. The highest BCUT2D eigenvalue weighted by molar-refractivity contribution is 14.0. The van der Waals surface area contributed by atoms with E-state index in [4.69, 9.17) is 9.47 Å². The molecule has 6 nitrogen and oxygen atoms in total. The van der Waals surface area contributed by atoms with E-state index in [0.717, 1.165) is 57.5 Å². The van der Waals surface area contributed by atoms with Crippen molar-refractivity contribution in [3.05, 3.63) is 29.8 Å². The fourth-order valence-electron chi connectivity index (χ4n) is 3.91. The van der Waals surface area contributed by atoms with Gasteiger partial charge in [0.2, 0.25) is 0 Å². The number of halogens is 1. The van der Waals surface area contributed by atoms with Gasteiger partial charge in [-0.1, -0.05) is 18.6 Å². The van der Waals surface area contributed by atoms with Crippen molar-refractivity contribution in [3.63, 3.8) is 0 Å². The van der Waals surface area contributed by atoms with Crippen LogP contribution in [0.3, 0.4) is 0 Å². The number of benzene rings is 1. The highest BCUT2D eigenvalue weighted by atomic mass is 127. The van der Waals surface area contributed by atoms with Gasteiger partial charge in [-0.05, 0) is 50.0 Å². The van der Waals surface area contributed by atoms with Gasteiger partial charge in [0, 0.05) is 32.7 Å². The third-order valence-electron chi connectivity index (χ3n) is 5.60. The summed E-state index contributed by atoms with van der Waals surface area (Å²) in [5, 5.41) is 7.00. The third-order valence-corrected chi connectivity index (χ3v) is 5.60. The molecular weight excluding hydrogens is 467 g/mol. The average Bonchev–Trinajstić information content (AvgIpc) is 3.25. The van der Waals surface area contributed by atoms with Gasteiger partial charge in [-0.3, -0.25) is 9.89 Å². The van der Waals surface area contributed by atoms with E-state index in [1.807, 2.05) is 7.05 Å². The molecule has 2 N–H and O–H groups in total.